The lowest BCUT2D eigenvalue weighted by atomic mass is 10.0. The number of quaternary nitrogens is 1. The highest BCUT2D eigenvalue weighted by molar-refractivity contribution is 5.88. The number of allylic oxidation sites excluding steroid dienone is 2. The molecule has 0 saturated carbocycles. The van der Waals surface area contributed by atoms with Crippen LogP contribution >= 0.6 is 0 Å². The molecule has 0 spiro atoms. The fourth-order valence-corrected chi connectivity index (χ4v) is 4.42. The van der Waals surface area contributed by atoms with E-state index < -0.39 is 35.8 Å². The summed E-state index contributed by atoms with van der Waals surface area (Å²) in [5.41, 5.74) is -0.678. The van der Waals surface area contributed by atoms with Gasteiger partial charge in [0.05, 0.1) is 13.2 Å². The summed E-state index contributed by atoms with van der Waals surface area (Å²) in [5, 5.41) is 5.58. The number of rotatable bonds is 3. The third-order valence-corrected chi connectivity index (χ3v) is 6.04. The lowest BCUT2D eigenvalue weighted by Crippen LogP contribution is -3.19. The van der Waals surface area contributed by atoms with E-state index in [9.17, 15) is 19.2 Å². The number of nitrogens with one attached hydrogen (secondary N) is 3. The zero-order valence-corrected chi connectivity index (χ0v) is 21.1. The lowest BCUT2D eigenvalue weighted by Gasteiger charge is -2.26. The van der Waals surface area contributed by atoms with E-state index in [4.69, 9.17) is 9.47 Å². The van der Waals surface area contributed by atoms with E-state index in [1.165, 1.54) is 0 Å². The van der Waals surface area contributed by atoms with Crippen molar-refractivity contribution in [3.8, 4) is 0 Å². The summed E-state index contributed by atoms with van der Waals surface area (Å²) >= 11 is 0. The highest BCUT2D eigenvalue weighted by Crippen LogP contribution is 2.12. The van der Waals surface area contributed by atoms with E-state index >= 15 is 0 Å². The minimum absolute atomic E-state index is 0.205. The van der Waals surface area contributed by atoms with Gasteiger partial charge in [0.25, 0.3) is 5.91 Å². The molecule has 2 heterocycles. The Labute approximate surface area is 203 Å². The number of amides is 3. The first kappa shape index (κ1) is 27.8. The van der Waals surface area contributed by atoms with Gasteiger partial charge in [0.2, 0.25) is 0 Å². The Morgan fingerprint density at radius 2 is 1.79 bits per heavy atom. The van der Waals surface area contributed by atoms with Gasteiger partial charge in [-0.15, -0.1) is 0 Å². The third kappa shape index (κ3) is 9.08. The first-order valence-electron chi connectivity index (χ1n) is 12.6. The minimum Gasteiger partial charge on any atom is -0.464 e. The predicted molar refractivity (Wildman–Crippen MR) is 127 cm³/mol. The fraction of sp³-hybridized carbons (Fsp3) is 0.760. The zero-order valence-electron chi connectivity index (χ0n) is 21.1. The number of carbonyl (C=O) groups is 4. The molecule has 4 atom stereocenters. The molecule has 2 aliphatic rings. The molecular weight excluding hydrogens is 438 g/mol. The maximum absolute atomic E-state index is 13.5. The summed E-state index contributed by atoms with van der Waals surface area (Å²) in [4.78, 5) is 52.0. The van der Waals surface area contributed by atoms with Crippen molar-refractivity contribution in [3.05, 3.63) is 12.2 Å². The van der Waals surface area contributed by atoms with Crippen LogP contribution in [0, 0.1) is 0 Å². The number of hydrogen-bond donors (Lipinski definition) is 3. The summed E-state index contributed by atoms with van der Waals surface area (Å²) in [6.07, 6.45) is 9.92. The summed E-state index contributed by atoms with van der Waals surface area (Å²) in [6, 6.07) is -2.09. The molecule has 34 heavy (non-hydrogen) atoms. The highest BCUT2D eigenvalue weighted by Gasteiger charge is 2.43. The standard InChI is InChI=1S/C25H41N3O6/c1-5-33-23(31)19-15-12-10-8-6-7-9-11-14-18(27-24(32)34-25(2,3)4)22(30)28-17-13-16-20(28)21(29)26-19/h8,10,18-20H,5-7,9,11-17H2,1-4H3,(H,26,29)(H,27,32)/p+1. The Balaban J connectivity index is 2.21. The van der Waals surface area contributed by atoms with Crippen molar-refractivity contribution in [1.29, 1.82) is 0 Å². The second-order valence-corrected chi connectivity index (χ2v) is 10.0. The number of alkyl carbamates (subject to hydrolysis) is 1. The highest BCUT2D eigenvalue weighted by atomic mass is 16.6. The molecule has 0 aliphatic carbocycles. The monoisotopic (exact) mass is 480 g/mol. The zero-order chi connectivity index (χ0) is 25.1. The fourth-order valence-electron chi connectivity index (χ4n) is 4.42. The van der Waals surface area contributed by atoms with Crippen molar-refractivity contribution in [2.75, 3.05) is 13.2 Å². The van der Waals surface area contributed by atoms with Crippen LogP contribution in [0.1, 0.15) is 85.5 Å². The predicted octanol–water partition coefficient (Wildman–Crippen LogP) is 1.80. The Kier molecular flexibility index (Phi) is 11.0. The molecule has 3 amide bonds. The average Bonchev–Trinajstić information content (AvgIpc) is 3.24. The van der Waals surface area contributed by atoms with Gasteiger partial charge in [-0.2, -0.15) is 0 Å². The van der Waals surface area contributed by atoms with Crippen LogP contribution in [-0.2, 0) is 23.9 Å². The van der Waals surface area contributed by atoms with E-state index in [2.05, 4.69) is 16.7 Å². The van der Waals surface area contributed by atoms with Gasteiger partial charge in [0, 0.05) is 12.8 Å². The summed E-state index contributed by atoms with van der Waals surface area (Å²) in [5.74, 6) is -0.991. The van der Waals surface area contributed by atoms with Gasteiger partial charge in [0.15, 0.2) is 6.04 Å². The molecule has 3 N–H and O–H groups in total. The summed E-state index contributed by atoms with van der Waals surface area (Å²) < 4.78 is 10.5. The minimum atomic E-state index is -0.752. The molecule has 9 nitrogen and oxygen atoms in total. The molecule has 2 aliphatic heterocycles. The van der Waals surface area contributed by atoms with Gasteiger partial charge in [-0.1, -0.05) is 25.0 Å². The molecule has 2 rings (SSSR count). The number of hydrogen-bond acceptors (Lipinski definition) is 6. The number of esters is 1. The SMILES string of the molecule is CCOC(=O)C1CCC=CCCCCCC(NC(=O)OC(C)(C)C)C(=O)[NH+]2CCCC2C(=O)N1. The van der Waals surface area contributed by atoms with Gasteiger partial charge >= 0.3 is 18.0 Å². The van der Waals surface area contributed by atoms with Crippen molar-refractivity contribution >= 4 is 23.9 Å². The first-order chi connectivity index (χ1) is 16.1. The number of ether oxygens (including phenoxy) is 2. The van der Waals surface area contributed by atoms with E-state index in [0.29, 0.717) is 43.5 Å². The van der Waals surface area contributed by atoms with Crippen LogP contribution in [0.15, 0.2) is 12.2 Å². The normalized spacial score (nSPS) is 27.4. The van der Waals surface area contributed by atoms with E-state index in [-0.39, 0.29) is 18.4 Å². The van der Waals surface area contributed by atoms with Crippen molar-refractivity contribution in [1.82, 2.24) is 10.6 Å². The molecule has 0 bridgehead atoms. The molecule has 0 aromatic heterocycles. The molecule has 1 fully saturated rings. The molecule has 1 saturated heterocycles. The Morgan fingerprint density at radius 1 is 1.06 bits per heavy atom. The van der Waals surface area contributed by atoms with E-state index in [1.807, 2.05) is 6.08 Å². The summed E-state index contributed by atoms with van der Waals surface area (Å²) in [6.45, 7) is 7.79. The molecule has 0 aromatic carbocycles. The van der Waals surface area contributed by atoms with Crippen LogP contribution in [-0.4, -0.2) is 60.8 Å². The van der Waals surface area contributed by atoms with Crippen molar-refractivity contribution in [3.63, 3.8) is 0 Å². The van der Waals surface area contributed by atoms with Gasteiger partial charge in [-0.05, 0) is 59.8 Å². The van der Waals surface area contributed by atoms with Gasteiger partial charge in [-0.25, -0.2) is 14.4 Å². The quantitative estimate of drug-likeness (QED) is 0.419. The molecule has 0 aromatic rings. The topological polar surface area (TPSA) is 115 Å². The largest absolute Gasteiger partial charge is 0.464 e. The van der Waals surface area contributed by atoms with Crippen LogP contribution < -0.4 is 15.5 Å². The summed E-state index contributed by atoms with van der Waals surface area (Å²) in [7, 11) is 0. The van der Waals surface area contributed by atoms with E-state index in [0.717, 1.165) is 25.7 Å². The van der Waals surface area contributed by atoms with Gasteiger partial charge in [0.1, 0.15) is 17.7 Å². The van der Waals surface area contributed by atoms with Crippen LogP contribution in [0.5, 0.6) is 0 Å². The lowest BCUT2D eigenvalue weighted by molar-refractivity contribution is -0.824. The third-order valence-electron chi connectivity index (χ3n) is 6.04. The van der Waals surface area contributed by atoms with Gasteiger partial charge < -0.3 is 20.1 Å². The molecule has 4 unspecified atom stereocenters. The maximum Gasteiger partial charge on any atom is 0.408 e. The Morgan fingerprint density at radius 3 is 2.50 bits per heavy atom. The van der Waals surface area contributed by atoms with E-state index in [1.54, 1.807) is 27.7 Å². The smallest absolute Gasteiger partial charge is 0.408 e. The maximum atomic E-state index is 13.5. The van der Waals surface area contributed by atoms with Crippen LogP contribution in [0.4, 0.5) is 4.79 Å². The molecule has 0 radical (unpaired) electrons. The van der Waals surface area contributed by atoms with Crippen molar-refractivity contribution in [2.24, 2.45) is 0 Å². The Bertz CT molecular complexity index is 745. The van der Waals surface area contributed by atoms with Crippen molar-refractivity contribution in [2.45, 2.75) is 109 Å². The van der Waals surface area contributed by atoms with Crippen molar-refractivity contribution < 1.29 is 33.6 Å². The van der Waals surface area contributed by atoms with Crippen LogP contribution in [0.2, 0.25) is 0 Å². The molecule has 192 valence electrons. The first-order valence-corrected chi connectivity index (χ1v) is 12.6. The second kappa shape index (κ2) is 13.5. The average molecular weight is 481 g/mol. The van der Waals surface area contributed by atoms with Crippen LogP contribution in [0.25, 0.3) is 0 Å². The van der Waals surface area contributed by atoms with Gasteiger partial charge in [-0.3, -0.25) is 9.69 Å². The molecular formula is C25H42N3O6+. The Hall–Kier alpha value is -2.42. The van der Waals surface area contributed by atoms with Crippen LogP contribution in [0.3, 0.4) is 0 Å². The number of fused-ring (bicyclic) bond motifs is 1. The number of carbonyl (C=O) groups excluding carboxylic acids is 4. The molecule has 9 heteroatoms. The second-order valence-electron chi connectivity index (χ2n) is 10.0.